The Morgan fingerprint density at radius 1 is 0.885 bits per heavy atom. The van der Waals surface area contributed by atoms with E-state index in [9.17, 15) is 4.79 Å². The highest BCUT2D eigenvalue weighted by atomic mass is 16.5. The van der Waals surface area contributed by atoms with Gasteiger partial charge in [-0.15, -0.1) is 0 Å². The van der Waals surface area contributed by atoms with Gasteiger partial charge in [-0.1, -0.05) is 54.6 Å². The minimum atomic E-state index is 0.252. The number of Topliss-reactive ketones (excluding diaryl/α,β-unsaturated/α-hetero) is 1. The standard InChI is InChI=1S/C23H23NO2/c25-21(17-19-9-8-15-24-18-19)12-6-7-16-26-23-14-5-4-13-22(23)20-10-2-1-3-11-20/h1-5,8-11,13-15,18H,6-7,12,16-17H2. The van der Waals surface area contributed by atoms with Crippen LogP contribution in [-0.4, -0.2) is 17.4 Å². The van der Waals surface area contributed by atoms with Crippen molar-refractivity contribution in [1.29, 1.82) is 0 Å². The Labute approximate surface area is 154 Å². The predicted octanol–water partition coefficient (Wildman–Crippen LogP) is 5.11. The van der Waals surface area contributed by atoms with E-state index in [-0.39, 0.29) is 5.78 Å². The quantitative estimate of drug-likeness (QED) is 0.506. The molecule has 0 aliphatic carbocycles. The van der Waals surface area contributed by atoms with Crippen molar-refractivity contribution in [3.8, 4) is 16.9 Å². The van der Waals surface area contributed by atoms with E-state index in [2.05, 4.69) is 23.2 Å². The lowest BCUT2D eigenvalue weighted by Gasteiger charge is -2.11. The van der Waals surface area contributed by atoms with E-state index in [1.807, 2.05) is 48.5 Å². The molecule has 0 saturated carbocycles. The lowest BCUT2D eigenvalue weighted by Crippen LogP contribution is -2.05. The maximum atomic E-state index is 12.0. The lowest BCUT2D eigenvalue weighted by molar-refractivity contribution is -0.118. The summed E-state index contributed by atoms with van der Waals surface area (Å²) in [4.78, 5) is 16.1. The number of rotatable bonds is 9. The number of para-hydroxylation sites is 1. The molecule has 2 aromatic carbocycles. The highest BCUT2D eigenvalue weighted by molar-refractivity contribution is 5.80. The number of unbranched alkanes of at least 4 members (excludes halogenated alkanes) is 1. The van der Waals surface area contributed by atoms with E-state index >= 15 is 0 Å². The van der Waals surface area contributed by atoms with Gasteiger partial charge in [-0.05, 0) is 36.1 Å². The van der Waals surface area contributed by atoms with Crippen LogP contribution in [0.25, 0.3) is 11.1 Å². The van der Waals surface area contributed by atoms with Crippen molar-refractivity contribution in [2.45, 2.75) is 25.7 Å². The SMILES string of the molecule is O=C(CCCCOc1ccccc1-c1ccccc1)Cc1cccnc1. The second kappa shape index (κ2) is 9.52. The first-order chi connectivity index (χ1) is 12.8. The molecule has 0 saturated heterocycles. The molecule has 1 aromatic heterocycles. The third kappa shape index (κ3) is 5.28. The number of hydrogen-bond donors (Lipinski definition) is 0. The molecule has 0 spiro atoms. The summed E-state index contributed by atoms with van der Waals surface area (Å²) in [5, 5.41) is 0. The highest BCUT2D eigenvalue weighted by Crippen LogP contribution is 2.29. The summed E-state index contributed by atoms with van der Waals surface area (Å²) in [5.41, 5.74) is 3.22. The summed E-state index contributed by atoms with van der Waals surface area (Å²) in [6, 6.07) is 22.1. The predicted molar refractivity (Wildman–Crippen MR) is 104 cm³/mol. The Bertz CT molecular complexity index is 816. The van der Waals surface area contributed by atoms with Crippen LogP contribution in [0.4, 0.5) is 0 Å². The normalized spacial score (nSPS) is 10.5. The van der Waals surface area contributed by atoms with Gasteiger partial charge < -0.3 is 4.74 Å². The van der Waals surface area contributed by atoms with Gasteiger partial charge in [-0.3, -0.25) is 9.78 Å². The van der Waals surface area contributed by atoms with Crippen molar-refractivity contribution < 1.29 is 9.53 Å². The summed E-state index contributed by atoms with van der Waals surface area (Å²) in [5.74, 6) is 1.14. The first kappa shape index (κ1) is 17.9. The van der Waals surface area contributed by atoms with E-state index in [0.717, 1.165) is 35.3 Å². The molecule has 0 amide bonds. The zero-order chi connectivity index (χ0) is 18.0. The van der Waals surface area contributed by atoms with Crippen molar-refractivity contribution >= 4 is 5.78 Å². The number of carbonyl (C=O) groups is 1. The van der Waals surface area contributed by atoms with Crippen LogP contribution in [0.3, 0.4) is 0 Å². The summed E-state index contributed by atoms with van der Waals surface area (Å²) in [6.07, 6.45) is 6.22. The molecular weight excluding hydrogens is 322 g/mol. The van der Waals surface area contributed by atoms with Gasteiger partial charge in [0.2, 0.25) is 0 Å². The fourth-order valence-electron chi connectivity index (χ4n) is 2.87. The van der Waals surface area contributed by atoms with E-state index in [1.165, 1.54) is 0 Å². The molecule has 3 heteroatoms. The zero-order valence-electron chi connectivity index (χ0n) is 14.8. The van der Waals surface area contributed by atoms with Gasteiger partial charge >= 0.3 is 0 Å². The summed E-state index contributed by atoms with van der Waals surface area (Å²) in [7, 11) is 0. The fraction of sp³-hybridized carbons (Fsp3) is 0.217. The maximum absolute atomic E-state index is 12.0. The highest BCUT2D eigenvalue weighted by Gasteiger charge is 2.06. The molecule has 3 rings (SSSR count). The van der Waals surface area contributed by atoms with E-state index in [4.69, 9.17) is 4.74 Å². The van der Waals surface area contributed by atoms with Crippen LogP contribution in [0.2, 0.25) is 0 Å². The van der Waals surface area contributed by atoms with Crippen molar-refractivity contribution in [1.82, 2.24) is 4.98 Å². The summed E-state index contributed by atoms with van der Waals surface area (Å²) >= 11 is 0. The number of pyridine rings is 1. The van der Waals surface area contributed by atoms with Crippen LogP contribution in [0.5, 0.6) is 5.75 Å². The third-order valence-corrected chi connectivity index (χ3v) is 4.20. The molecule has 0 radical (unpaired) electrons. The maximum Gasteiger partial charge on any atom is 0.137 e. The molecule has 1 heterocycles. The Kier molecular flexibility index (Phi) is 6.54. The van der Waals surface area contributed by atoms with Crippen LogP contribution in [0, 0.1) is 0 Å². The zero-order valence-corrected chi connectivity index (χ0v) is 14.8. The molecule has 0 aliphatic heterocycles. The topological polar surface area (TPSA) is 39.2 Å². The van der Waals surface area contributed by atoms with Crippen molar-refractivity contribution in [3.63, 3.8) is 0 Å². The minimum Gasteiger partial charge on any atom is -0.493 e. The van der Waals surface area contributed by atoms with Gasteiger partial charge in [0.1, 0.15) is 11.5 Å². The molecule has 0 N–H and O–H groups in total. The van der Waals surface area contributed by atoms with Gasteiger partial charge in [0, 0.05) is 30.8 Å². The molecular formula is C23H23NO2. The average molecular weight is 345 g/mol. The van der Waals surface area contributed by atoms with Crippen molar-refractivity contribution in [3.05, 3.63) is 84.7 Å². The molecule has 0 unspecified atom stereocenters. The number of ether oxygens (including phenoxy) is 1. The second-order valence-corrected chi connectivity index (χ2v) is 6.24. The average Bonchev–Trinajstić information content (AvgIpc) is 2.69. The van der Waals surface area contributed by atoms with E-state index in [0.29, 0.717) is 19.4 Å². The molecule has 26 heavy (non-hydrogen) atoms. The number of carbonyl (C=O) groups excluding carboxylic acids is 1. The van der Waals surface area contributed by atoms with Gasteiger partial charge in [0.15, 0.2) is 0 Å². The molecule has 0 aliphatic rings. The number of benzene rings is 2. The van der Waals surface area contributed by atoms with Crippen LogP contribution >= 0.6 is 0 Å². The minimum absolute atomic E-state index is 0.252. The van der Waals surface area contributed by atoms with Gasteiger partial charge in [-0.2, -0.15) is 0 Å². The molecule has 3 nitrogen and oxygen atoms in total. The van der Waals surface area contributed by atoms with Crippen molar-refractivity contribution in [2.75, 3.05) is 6.61 Å². The smallest absolute Gasteiger partial charge is 0.137 e. The van der Waals surface area contributed by atoms with Crippen molar-refractivity contribution in [2.24, 2.45) is 0 Å². The summed E-state index contributed by atoms with van der Waals surface area (Å²) in [6.45, 7) is 0.615. The third-order valence-electron chi connectivity index (χ3n) is 4.20. The first-order valence-electron chi connectivity index (χ1n) is 9.01. The summed E-state index contributed by atoms with van der Waals surface area (Å²) < 4.78 is 5.97. The van der Waals surface area contributed by atoms with E-state index in [1.54, 1.807) is 12.4 Å². The fourth-order valence-corrected chi connectivity index (χ4v) is 2.87. The first-order valence-corrected chi connectivity index (χ1v) is 9.01. The number of ketones is 1. The van der Waals surface area contributed by atoms with Gasteiger partial charge in [-0.25, -0.2) is 0 Å². The van der Waals surface area contributed by atoms with Crippen LogP contribution in [0.1, 0.15) is 24.8 Å². The van der Waals surface area contributed by atoms with Crippen LogP contribution in [0.15, 0.2) is 79.1 Å². The largest absolute Gasteiger partial charge is 0.493 e. The Hall–Kier alpha value is -2.94. The Balaban J connectivity index is 1.44. The lowest BCUT2D eigenvalue weighted by atomic mass is 10.0. The monoisotopic (exact) mass is 345 g/mol. The number of hydrogen-bond acceptors (Lipinski definition) is 3. The second-order valence-electron chi connectivity index (χ2n) is 6.24. The molecule has 0 bridgehead atoms. The molecule has 3 aromatic rings. The number of aromatic nitrogens is 1. The van der Waals surface area contributed by atoms with Gasteiger partial charge in [0.05, 0.1) is 6.61 Å². The number of nitrogens with zero attached hydrogens (tertiary/aromatic N) is 1. The Morgan fingerprint density at radius 3 is 2.50 bits per heavy atom. The molecule has 132 valence electrons. The van der Waals surface area contributed by atoms with Crippen LogP contribution in [-0.2, 0) is 11.2 Å². The Morgan fingerprint density at radius 2 is 1.69 bits per heavy atom. The molecule has 0 atom stereocenters. The van der Waals surface area contributed by atoms with Gasteiger partial charge in [0.25, 0.3) is 0 Å². The van der Waals surface area contributed by atoms with Crippen LogP contribution < -0.4 is 4.74 Å². The van der Waals surface area contributed by atoms with E-state index < -0.39 is 0 Å². The molecule has 0 fully saturated rings.